The number of carbonyl (C=O) groups is 3. The number of hydrogen-bond acceptors (Lipinski definition) is 4. The standard InChI is InChI=1S/C18H23N3O3/c1-4-5-11-21-17(23)15(16(22)20-18(21)24)13(3)19-12(2)14-9-7-6-8-10-14/h6-10,12,15H,4-5,11H2,1-3H3,(H,20,22,24)/t12-,15+/m0/s1. The number of nitrogens with zero attached hydrogens (tertiary/aromatic N) is 2. The number of imide groups is 2. The van der Waals surface area contributed by atoms with Crippen molar-refractivity contribution < 1.29 is 14.4 Å². The van der Waals surface area contributed by atoms with Crippen LogP contribution in [0.5, 0.6) is 0 Å². The molecule has 0 aliphatic carbocycles. The Bertz CT molecular complexity index is 655. The van der Waals surface area contributed by atoms with Gasteiger partial charge in [-0.05, 0) is 25.8 Å². The maximum atomic E-state index is 12.6. The molecule has 0 bridgehead atoms. The van der Waals surface area contributed by atoms with Crippen LogP contribution in [0.2, 0.25) is 0 Å². The molecule has 24 heavy (non-hydrogen) atoms. The van der Waals surface area contributed by atoms with E-state index in [-0.39, 0.29) is 6.04 Å². The Morgan fingerprint density at radius 2 is 1.92 bits per heavy atom. The van der Waals surface area contributed by atoms with Crippen molar-refractivity contribution in [1.82, 2.24) is 10.2 Å². The molecule has 6 nitrogen and oxygen atoms in total. The van der Waals surface area contributed by atoms with E-state index in [0.717, 1.165) is 16.9 Å². The van der Waals surface area contributed by atoms with Crippen molar-refractivity contribution in [2.24, 2.45) is 10.9 Å². The summed E-state index contributed by atoms with van der Waals surface area (Å²) in [7, 11) is 0. The Hall–Kier alpha value is -2.50. The molecule has 6 heteroatoms. The van der Waals surface area contributed by atoms with Gasteiger partial charge in [0.15, 0.2) is 5.92 Å². The minimum Gasteiger partial charge on any atom is -0.285 e. The highest BCUT2D eigenvalue weighted by Gasteiger charge is 2.41. The highest BCUT2D eigenvalue weighted by Crippen LogP contribution is 2.20. The van der Waals surface area contributed by atoms with E-state index in [0.29, 0.717) is 18.7 Å². The van der Waals surface area contributed by atoms with E-state index in [4.69, 9.17) is 0 Å². The number of unbranched alkanes of at least 4 members (excludes halogenated alkanes) is 1. The number of benzene rings is 1. The number of carbonyl (C=O) groups excluding carboxylic acids is 3. The number of hydrogen-bond donors (Lipinski definition) is 1. The third kappa shape index (κ3) is 3.88. The largest absolute Gasteiger partial charge is 0.330 e. The van der Waals surface area contributed by atoms with E-state index < -0.39 is 23.8 Å². The molecule has 0 saturated carbocycles. The van der Waals surface area contributed by atoms with Crippen LogP contribution in [0.4, 0.5) is 4.79 Å². The maximum Gasteiger partial charge on any atom is 0.330 e. The van der Waals surface area contributed by atoms with Crippen molar-refractivity contribution in [3.05, 3.63) is 35.9 Å². The molecular formula is C18H23N3O3. The molecule has 1 saturated heterocycles. The van der Waals surface area contributed by atoms with E-state index in [2.05, 4.69) is 10.3 Å². The normalized spacial score (nSPS) is 20.1. The molecule has 1 aromatic rings. The van der Waals surface area contributed by atoms with Crippen LogP contribution in [0.25, 0.3) is 0 Å². The molecular weight excluding hydrogens is 306 g/mol. The summed E-state index contributed by atoms with van der Waals surface area (Å²) >= 11 is 0. The van der Waals surface area contributed by atoms with Gasteiger partial charge in [-0.15, -0.1) is 0 Å². The lowest BCUT2D eigenvalue weighted by Crippen LogP contribution is -2.59. The zero-order valence-electron chi connectivity index (χ0n) is 14.3. The number of aliphatic imine (C=N–C) groups is 1. The second-order valence-corrected chi connectivity index (χ2v) is 5.93. The average molecular weight is 329 g/mol. The maximum absolute atomic E-state index is 12.6. The second-order valence-electron chi connectivity index (χ2n) is 5.93. The molecule has 0 spiro atoms. The number of urea groups is 1. The summed E-state index contributed by atoms with van der Waals surface area (Å²) in [4.78, 5) is 42.2. The summed E-state index contributed by atoms with van der Waals surface area (Å²) < 4.78 is 0. The Morgan fingerprint density at radius 3 is 2.54 bits per heavy atom. The molecule has 1 N–H and O–H groups in total. The fourth-order valence-corrected chi connectivity index (χ4v) is 2.70. The highest BCUT2D eigenvalue weighted by atomic mass is 16.2. The number of barbiturate groups is 1. The van der Waals surface area contributed by atoms with Crippen LogP contribution in [0.3, 0.4) is 0 Å². The van der Waals surface area contributed by atoms with Crippen molar-refractivity contribution in [2.45, 2.75) is 39.7 Å². The van der Waals surface area contributed by atoms with Gasteiger partial charge in [-0.3, -0.25) is 24.8 Å². The summed E-state index contributed by atoms with van der Waals surface area (Å²) in [6.07, 6.45) is 1.56. The molecule has 0 aromatic heterocycles. The number of nitrogens with one attached hydrogen (secondary N) is 1. The summed E-state index contributed by atoms with van der Waals surface area (Å²) in [5.74, 6) is -2.12. The average Bonchev–Trinajstić information content (AvgIpc) is 2.55. The monoisotopic (exact) mass is 329 g/mol. The van der Waals surface area contributed by atoms with Gasteiger partial charge in [0.25, 0.3) is 0 Å². The topological polar surface area (TPSA) is 78.8 Å². The summed E-state index contributed by atoms with van der Waals surface area (Å²) in [5, 5.41) is 2.26. The van der Waals surface area contributed by atoms with Crippen LogP contribution >= 0.6 is 0 Å². The predicted molar refractivity (Wildman–Crippen MR) is 91.6 cm³/mol. The molecule has 1 aromatic carbocycles. The fourth-order valence-electron chi connectivity index (χ4n) is 2.70. The van der Waals surface area contributed by atoms with Gasteiger partial charge >= 0.3 is 6.03 Å². The van der Waals surface area contributed by atoms with Crippen molar-refractivity contribution >= 4 is 23.6 Å². The van der Waals surface area contributed by atoms with Crippen molar-refractivity contribution in [3.63, 3.8) is 0 Å². The minimum absolute atomic E-state index is 0.173. The van der Waals surface area contributed by atoms with Crippen molar-refractivity contribution in [2.75, 3.05) is 6.54 Å². The van der Waals surface area contributed by atoms with Gasteiger partial charge in [0.1, 0.15) is 0 Å². The Labute approximate surface area is 141 Å². The van der Waals surface area contributed by atoms with Gasteiger partial charge in [0, 0.05) is 12.3 Å². The lowest BCUT2D eigenvalue weighted by molar-refractivity contribution is -0.139. The lowest BCUT2D eigenvalue weighted by Gasteiger charge is -2.30. The third-order valence-electron chi connectivity index (χ3n) is 4.08. The Morgan fingerprint density at radius 1 is 1.25 bits per heavy atom. The summed E-state index contributed by atoms with van der Waals surface area (Å²) in [6, 6.07) is 8.83. The van der Waals surface area contributed by atoms with Gasteiger partial charge in [0.2, 0.25) is 11.8 Å². The van der Waals surface area contributed by atoms with E-state index in [9.17, 15) is 14.4 Å². The van der Waals surface area contributed by atoms with Crippen molar-refractivity contribution in [3.8, 4) is 0 Å². The smallest absolute Gasteiger partial charge is 0.285 e. The van der Waals surface area contributed by atoms with Gasteiger partial charge in [-0.25, -0.2) is 4.79 Å². The van der Waals surface area contributed by atoms with E-state index in [1.165, 1.54) is 0 Å². The van der Waals surface area contributed by atoms with E-state index in [1.54, 1.807) is 6.92 Å². The number of rotatable bonds is 6. The first-order chi connectivity index (χ1) is 11.5. The van der Waals surface area contributed by atoms with Crippen LogP contribution in [0.15, 0.2) is 35.3 Å². The first kappa shape index (κ1) is 17.8. The van der Waals surface area contributed by atoms with E-state index in [1.807, 2.05) is 44.2 Å². The first-order valence-electron chi connectivity index (χ1n) is 8.21. The Kier molecular flexibility index (Phi) is 5.84. The molecule has 0 radical (unpaired) electrons. The predicted octanol–water partition coefficient (Wildman–Crippen LogP) is 2.70. The van der Waals surface area contributed by atoms with Crippen LogP contribution in [0, 0.1) is 5.92 Å². The van der Waals surface area contributed by atoms with Gasteiger partial charge < -0.3 is 0 Å². The Balaban J connectivity index is 2.21. The molecule has 2 atom stereocenters. The molecule has 128 valence electrons. The quantitative estimate of drug-likeness (QED) is 0.644. The molecule has 0 unspecified atom stereocenters. The second kappa shape index (κ2) is 7.86. The minimum atomic E-state index is -1.04. The van der Waals surface area contributed by atoms with E-state index >= 15 is 0 Å². The lowest BCUT2D eigenvalue weighted by atomic mass is 9.98. The SMILES string of the molecule is CCCCN1C(=O)NC(=O)[C@@H](C(C)=N[C@@H](C)c2ccccc2)C1=O. The summed E-state index contributed by atoms with van der Waals surface area (Å²) in [5.41, 5.74) is 1.42. The van der Waals surface area contributed by atoms with Crippen LogP contribution in [0.1, 0.15) is 45.2 Å². The molecule has 1 heterocycles. The van der Waals surface area contributed by atoms with Crippen LogP contribution in [-0.4, -0.2) is 35.0 Å². The van der Waals surface area contributed by atoms with Crippen LogP contribution < -0.4 is 5.32 Å². The van der Waals surface area contributed by atoms with Crippen LogP contribution in [-0.2, 0) is 9.59 Å². The highest BCUT2D eigenvalue weighted by molar-refractivity contribution is 6.27. The summed E-state index contributed by atoms with van der Waals surface area (Å²) in [6.45, 7) is 5.86. The molecule has 2 rings (SSSR count). The molecule has 4 amide bonds. The molecule has 1 aliphatic rings. The van der Waals surface area contributed by atoms with Crippen molar-refractivity contribution in [1.29, 1.82) is 0 Å². The zero-order valence-corrected chi connectivity index (χ0v) is 14.3. The molecule has 1 fully saturated rings. The number of amides is 4. The molecule has 1 aliphatic heterocycles. The fraction of sp³-hybridized carbons (Fsp3) is 0.444. The van der Waals surface area contributed by atoms with Gasteiger partial charge in [-0.2, -0.15) is 0 Å². The van der Waals surface area contributed by atoms with Gasteiger partial charge in [-0.1, -0.05) is 43.7 Å². The zero-order chi connectivity index (χ0) is 17.7. The van der Waals surface area contributed by atoms with Gasteiger partial charge in [0.05, 0.1) is 6.04 Å². The third-order valence-corrected chi connectivity index (χ3v) is 4.08. The first-order valence-corrected chi connectivity index (χ1v) is 8.21.